The summed E-state index contributed by atoms with van der Waals surface area (Å²) >= 11 is 1.24. The van der Waals surface area contributed by atoms with Crippen LogP contribution in [-0.2, 0) is 0 Å². The number of rotatable bonds is 3. The van der Waals surface area contributed by atoms with E-state index in [2.05, 4.69) is 25.8 Å². The van der Waals surface area contributed by atoms with E-state index in [0.29, 0.717) is 21.4 Å². The van der Waals surface area contributed by atoms with E-state index in [1.807, 2.05) is 6.07 Å². The first-order valence-electron chi connectivity index (χ1n) is 6.70. The van der Waals surface area contributed by atoms with Crippen LogP contribution in [0.5, 0.6) is 0 Å². The third-order valence-corrected chi connectivity index (χ3v) is 3.86. The molecule has 2 N–H and O–H groups in total. The molecule has 1 aromatic carbocycles. The monoisotopic (exact) mass is 329 g/mol. The van der Waals surface area contributed by atoms with Crippen LogP contribution in [0.25, 0.3) is 10.6 Å². The molecule has 8 heteroatoms. The van der Waals surface area contributed by atoms with E-state index in [-0.39, 0.29) is 5.82 Å². The Morgan fingerprint density at radius 2 is 2.09 bits per heavy atom. The predicted octanol–water partition coefficient (Wildman–Crippen LogP) is 3.69. The fraction of sp³-hybridized carbons (Fsp3) is 0.0667. The molecule has 0 unspecified atom stereocenters. The van der Waals surface area contributed by atoms with Gasteiger partial charge in [0, 0.05) is 23.6 Å². The number of anilines is 2. The van der Waals surface area contributed by atoms with Crippen molar-refractivity contribution in [3.05, 3.63) is 54.1 Å². The Morgan fingerprint density at radius 3 is 2.83 bits per heavy atom. The van der Waals surface area contributed by atoms with E-state index in [1.54, 1.807) is 31.5 Å². The molecule has 23 heavy (non-hydrogen) atoms. The van der Waals surface area contributed by atoms with Crippen molar-refractivity contribution < 1.29 is 9.18 Å². The lowest BCUT2D eigenvalue weighted by Gasteiger charge is -2.06. The zero-order valence-electron chi connectivity index (χ0n) is 12.1. The molecule has 6 nitrogen and oxygen atoms in total. The first-order chi connectivity index (χ1) is 11.1. The average molecular weight is 329 g/mol. The lowest BCUT2D eigenvalue weighted by molar-refractivity contribution is 0.262. The highest BCUT2D eigenvalue weighted by molar-refractivity contribution is 7.18. The van der Waals surface area contributed by atoms with Gasteiger partial charge in [0.15, 0.2) is 5.01 Å². The predicted molar refractivity (Wildman–Crippen MR) is 86.9 cm³/mol. The number of hydrogen-bond donors (Lipinski definition) is 2. The number of amides is 2. The molecule has 2 amide bonds. The van der Waals surface area contributed by atoms with E-state index in [4.69, 9.17) is 0 Å². The maximum Gasteiger partial charge on any atom is 0.325 e. The summed E-state index contributed by atoms with van der Waals surface area (Å²) in [4.78, 5) is 15.9. The molecule has 0 aliphatic heterocycles. The van der Waals surface area contributed by atoms with Crippen molar-refractivity contribution in [2.75, 3.05) is 10.6 Å². The van der Waals surface area contributed by atoms with Crippen molar-refractivity contribution in [3.63, 3.8) is 0 Å². The van der Waals surface area contributed by atoms with Gasteiger partial charge in [-0.15, -0.1) is 10.2 Å². The van der Waals surface area contributed by atoms with Gasteiger partial charge >= 0.3 is 6.03 Å². The van der Waals surface area contributed by atoms with Gasteiger partial charge in [-0.05, 0) is 42.8 Å². The van der Waals surface area contributed by atoms with E-state index in [9.17, 15) is 9.18 Å². The smallest absolute Gasteiger partial charge is 0.308 e. The maximum absolute atomic E-state index is 13.2. The van der Waals surface area contributed by atoms with Crippen molar-refractivity contribution >= 4 is 28.2 Å². The lowest BCUT2D eigenvalue weighted by Crippen LogP contribution is -2.19. The van der Waals surface area contributed by atoms with Crippen LogP contribution in [0.1, 0.15) is 5.56 Å². The van der Waals surface area contributed by atoms with Crippen LogP contribution < -0.4 is 10.6 Å². The van der Waals surface area contributed by atoms with Gasteiger partial charge < -0.3 is 5.32 Å². The summed E-state index contributed by atoms with van der Waals surface area (Å²) in [6.07, 6.45) is 3.34. The Balaban J connectivity index is 1.66. The molecular weight excluding hydrogens is 317 g/mol. The van der Waals surface area contributed by atoms with Gasteiger partial charge in [0.2, 0.25) is 5.13 Å². The number of hydrogen-bond acceptors (Lipinski definition) is 5. The first-order valence-corrected chi connectivity index (χ1v) is 7.51. The fourth-order valence-electron chi connectivity index (χ4n) is 1.86. The molecule has 0 spiro atoms. The van der Waals surface area contributed by atoms with Crippen LogP contribution in [0.15, 0.2) is 42.7 Å². The number of nitrogens with one attached hydrogen (secondary N) is 2. The van der Waals surface area contributed by atoms with Crippen LogP contribution in [0.4, 0.5) is 20.0 Å². The number of halogens is 1. The molecule has 0 aliphatic rings. The third kappa shape index (κ3) is 3.67. The Hall–Kier alpha value is -2.87. The van der Waals surface area contributed by atoms with Crippen LogP contribution in [0.3, 0.4) is 0 Å². The molecule has 0 saturated carbocycles. The van der Waals surface area contributed by atoms with E-state index in [0.717, 1.165) is 5.56 Å². The summed E-state index contributed by atoms with van der Waals surface area (Å²) < 4.78 is 13.2. The number of carbonyl (C=O) groups is 1. The molecule has 0 atom stereocenters. The second-order valence-electron chi connectivity index (χ2n) is 4.70. The van der Waals surface area contributed by atoms with E-state index < -0.39 is 6.03 Å². The van der Waals surface area contributed by atoms with Gasteiger partial charge in [-0.2, -0.15) is 0 Å². The first kappa shape index (κ1) is 15.0. The van der Waals surface area contributed by atoms with Crippen molar-refractivity contribution in [2.24, 2.45) is 0 Å². The molecule has 0 bridgehead atoms. The number of urea groups is 1. The standard InChI is InChI=1S/C15H12FN5OS/c1-9-7-11(4-5-12(9)16)18-14(22)19-15-21-20-13(23-15)10-3-2-6-17-8-10/h2-8H,1H3,(H2,18,19,21,22). The van der Waals surface area contributed by atoms with E-state index >= 15 is 0 Å². The largest absolute Gasteiger partial charge is 0.325 e. The molecule has 116 valence electrons. The zero-order chi connectivity index (χ0) is 16.2. The van der Waals surface area contributed by atoms with Gasteiger partial charge in [0.05, 0.1) is 0 Å². The molecule has 3 rings (SSSR count). The van der Waals surface area contributed by atoms with Crippen molar-refractivity contribution in [1.82, 2.24) is 15.2 Å². The Kier molecular flexibility index (Phi) is 4.24. The molecule has 3 aromatic rings. The number of pyridine rings is 1. The molecular formula is C15H12FN5OS. The SMILES string of the molecule is Cc1cc(NC(=O)Nc2nnc(-c3cccnc3)s2)ccc1F. The van der Waals surface area contributed by atoms with Gasteiger partial charge in [-0.3, -0.25) is 10.3 Å². The minimum atomic E-state index is -0.468. The quantitative estimate of drug-likeness (QED) is 0.768. The number of carbonyl (C=O) groups excluding carboxylic acids is 1. The molecule has 0 radical (unpaired) electrons. The van der Waals surface area contributed by atoms with Gasteiger partial charge in [0.1, 0.15) is 5.82 Å². The van der Waals surface area contributed by atoms with Crippen molar-refractivity contribution in [1.29, 1.82) is 0 Å². The number of aromatic nitrogens is 3. The summed E-state index contributed by atoms with van der Waals surface area (Å²) in [6, 6.07) is 7.53. The second-order valence-corrected chi connectivity index (χ2v) is 5.67. The van der Waals surface area contributed by atoms with E-state index in [1.165, 1.54) is 23.5 Å². The molecule has 2 heterocycles. The number of aryl methyl sites for hydroxylation is 1. The zero-order valence-corrected chi connectivity index (χ0v) is 12.9. The number of benzene rings is 1. The number of nitrogens with zero attached hydrogens (tertiary/aromatic N) is 3. The van der Waals surface area contributed by atoms with Crippen molar-refractivity contribution in [2.45, 2.75) is 6.92 Å². The van der Waals surface area contributed by atoms with Gasteiger partial charge in [-0.25, -0.2) is 9.18 Å². The topological polar surface area (TPSA) is 79.8 Å². The summed E-state index contributed by atoms with van der Waals surface area (Å²) in [6.45, 7) is 1.63. The Bertz CT molecular complexity index is 837. The highest BCUT2D eigenvalue weighted by atomic mass is 32.1. The summed E-state index contributed by atoms with van der Waals surface area (Å²) in [7, 11) is 0. The molecule has 0 fully saturated rings. The summed E-state index contributed by atoms with van der Waals surface area (Å²) in [5.41, 5.74) is 1.78. The normalized spacial score (nSPS) is 10.3. The van der Waals surface area contributed by atoms with Crippen LogP contribution >= 0.6 is 11.3 Å². The van der Waals surface area contributed by atoms with Crippen LogP contribution in [-0.4, -0.2) is 21.2 Å². The second kappa shape index (κ2) is 6.49. The van der Waals surface area contributed by atoms with Gasteiger partial charge in [0.25, 0.3) is 0 Å². The van der Waals surface area contributed by atoms with Crippen molar-refractivity contribution in [3.8, 4) is 10.6 Å². The average Bonchev–Trinajstić information content (AvgIpc) is 3.00. The highest BCUT2D eigenvalue weighted by Crippen LogP contribution is 2.25. The highest BCUT2D eigenvalue weighted by Gasteiger charge is 2.10. The molecule has 0 saturated heterocycles. The Morgan fingerprint density at radius 1 is 1.22 bits per heavy atom. The lowest BCUT2D eigenvalue weighted by atomic mass is 10.2. The maximum atomic E-state index is 13.2. The molecule has 2 aromatic heterocycles. The summed E-state index contributed by atoms with van der Waals surface area (Å²) in [5.74, 6) is -0.318. The fourth-order valence-corrected chi connectivity index (χ4v) is 2.59. The minimum absolute atomic E-state index is 0.318. The minimum Gasteiger partial charge on any atom is -0.308 e. The van der Waals surface area contributed by atoms with Crippen LogP contribution in [0, 0.1) is 12.7 Å². The summed E-state index contributed by atoms with van der Waals surface area (Å²) in [5, 5.41) is 14.2. The molecule has 0 aliphatic carbocycles. The Labute approximate surface area is 135 Å². The van der Waals surface area contributed by atoms with Gasteiger partial charge in [-0.1, -0.05) is 11.3 Å². The van der Waals surface area contributed by atoms with Crippen LogP contribution in [0.2, 0.25) is 0 Å². The third-order valence-electron chi connectivity index (χ3n) is 2.97.